The molecule has 1 fully saturated rings. The number of nitrogens with one attached hydrogen (secondary N) is 1. The van der Waals surface area contributed by atoms with E-state index >= 15 is 0 Å². The lowest BCUT2D eigenvalue weighted by Gasteiger charge is -2.39. The van der Waals surface area contributed by atoms with Gasteiger partial charge in [0.15, 0.2) is 0 Å². The summed E-state index contributed by atoms with van der Waals surface area (Å²) < 4.78 is 0. The molecule has 0 aromatic heterocycles. The maximum absolute atomic E-state index is 3.75. The van der Waals surface area contributed by atoms with Gasteiger partial charge in [-0.3, -0.25) is 9.80 Å². The second kappa shape index (κ2) is 8.93. The van der Waals surface area contributed by atoms with Crippen LogP contribution in [0.5, 0.6) is 0 Å². The summed E-state index contributed by atoms with van der Waals surface area (Å²) in [6.45, 7) is 18.9. The van der Waals surface area contributed by atoms with Gasteiger partial charge in [0, 0.05) is 44.8 Å². The zero-order valence-electron chi connectivity index (χ0n) is 13.8. The Morgan fingerprint density at radius 2 is 1.63 bits per heavy atom. The number of rotatable bonds is 8. The molecular weight excluding hydrogens is 234 g/mol. The average molecular weight is 269 g/mol. The first-order valence-corrected chi connectivity index (χ1v) is 8.28. The van der Waals surface area contributed by atoms with E-state index in [1.54, 1.807) is 0 Å². The topological polar surface area (TPSA) is 18.5 Å². The Morgan fingerprint density at radius 3 is 2.11 bits per heavy atom. The maximum atomic E-state index is 3.75. The summed E-state index contributed by atoms with van der Waals surface area (Å²) in [6, 6.07) is 1.36. The van der Waals surface area contributed by atoms with Crippen molar-refractivity contribution in [3.63, 3.8) is 0 Å². The van der Waals surface area contributed by atoms with Crippen LogP contribution in [0.4, 0.5) is 0 Å². The molecule has 0 aromatic rings. The molecule has 0 aromatic carbocycles. The largest absolute Gasteiger partial charge is 0.312 e. The van der Waals surface area contributed by atoms with Crippen LogP contribution in [-0.4, -0.2) is 61.2 Å². The van der Waals surface area contributed by atoms with Crippen molar-refractivity contribution in [2.24, 2.45) is 5.92 Å². The fourth-order valence-electron chi connectivity index (χ4n) is 2.80. The molecule has 1 rings (SSSR count). The minimum Gasteiger partial charge on any atom is -0.312 e. The van der Waals surface area contributed by atoms with Gasteiger partial charge >= 0.3 is 0 Å². The first-order chi connectivity index (χ1) is 9.08. The van der Waals surface area contributed by atoms with Crippen molar-refractivity contribution in [1.82, 2.24) is 15.1 Å². The van der Waals surface area contributed by atoms with E-state index in [-0.39, 0.29) is 0 Å². The van der Waals surface area contributed by atoms with Gasteiger partial charge in [0.25, 0.3) is 0 Å². The number of piperazine rings is 1. The lowest BCUT2D eigenvalue weighted by atomic mass is 9.98. The molecule has 0 amide bonds. The van der Waals surface area contributed by atoms with Crippen molar-refractivity contribution in [1.29, 1.82) is 0 Å². The third-order valence-corrected chi connectivity index (χ3v) is 4.58. The monoisotopic (exact) mass is 269 g/mol. The fraction of sp³-hybridized carbons (Fsp3) is 1.00. The summed E-state index contributed by atoms with van der Waals surface area (Å²) in [6.07, 6.45) is 2.50. The molecule has 1 aliphatic rings. The molecule has 0 spiro atoms. The highest BCUT2D eigenvalue weighted by Gasteiger charge is 2.23. The van der Waals surface area contributed by atoms with Crippen LogP contribution in [0.15, 0.2) is 0 Å². The van der Waals surface area contributed by atoms with Crippen molar-refractivity contribution in [3.05, 3.63) is 0 Å². The minimum atomic E-state index is 0.663. The Kier molecular flexibility index (Phi) is 7.96. The third-order valence-electron chi connectivity index (χ3n) is 4.58. The predicted octanol–water partition coefficient (Wildman–Crippen LogP) is 2.43. The van der Waals surface area contributed by atoms with E-state index in [9.17, 15) is 0 Å². The molecule has 0 saturated carbocycles. The molecule has 3 heteroatoms. The molecule has 1 saturated heterocycles. The minimum absolute atomic E-state index is 0.663. The van der Waals surface area contributed by atoms with Gasteiger partial charge in [0.05, 0.1) is 0 Å². The predicted molar refractivity (Wildman–Crippen MR) is 84.7 cm³/mol. The van der Waals surface area contributed by atoms with E-state index in [0.717, 1.165) is 12.5 Å². The quantitative estimate of drug-likeness (QED) is 0.730. The summed E-state index contributed by atoms with van der Waals surface area (Å²) >= 11 is 0. The zero-order chi connectivity index (χ0) is 14.3. The Morgan fingerprint density at radius 1 is 1.00 bits per heavy atom. The van der Waals surface area contributed by atoms with Gasteiger partial charge in [-0.25, -0.2) is 0 Å². The van der Waals surface area contributed by atoms with Crippen LogP contribution in [0.1, 0.15) is 47.5 Å². The maximum Gasteiger partial charge on any atom is 0.0220 e. The van der Waals surface area contributed by atoms with Crippen LogP contribution in [0.2, 0.25) is 0 Å². The summed E-state index contributed by atoms with van der Waals surface area (Å²) in [5.74, 6) is 0.773. The van der Waals surface area contributed by atoms with Gasteiger partial charge in [-0.2, -0.15) is 0 Å². The number of nitrogens with zero attached hydrogens (tertiary/aromatic N) is 2. The molecule has 1 aliphatic heterocycles. The summed E-state index contributed by atoms with van der Waals surface area (Å²) in [4.78, 5) is 5.24. The lowest BCUT2D eigenvalue weighted by Crippen LogP contribution is -2.53. The molecule has 0 bridgehead atoms. The van der Waals surface area contributed by atoms with E-state index in [1.165, 1.54) is 45.6 Å². The van der Waals surface area contributed by atoms with Crippen LogP contribution in [0.3, 0.4) is 0 Å². The lowest BCUT2D eigenvalue weighted by molar-refractivity contribution is 0.0948. The second-order valence-corrected chi connectivity index (χ2v) is 6.38. The van der Waals surface area contributed by atoms with E-state index in [2.05, 4.69) is 49.7 Å². The van der Waals surface area contributed by atoms with E-state index in [1.807, 2.05) is 0 Å². The highest BCUT2D eigenvalue weighted by atomic mass is 15.3. The van der Waals surface area contributed by atoms with Gasteiger partial charge in [-0.1, -0.05) is 27.2 Å². The summed E-state index contributed by atoms with van der Waals surface area (Å²) in [7, 11) is 0. The normalized spacial score (nSPS) is 21.8. The molecule has 114 valence electrons. The van der Waals surface area contributed by atoms with Gasteiger partial charge < -0.3 is 5.32 Å². The van der Waals surface area contributed by atoms with E-state index < -0.39 is 0 Å². The Labute approximate surface area is 120 Å². The van der Waals surface area contributed by atoms with Crippen molar-refractivity contribution in [2.45, 2.75) is 59.5 Å². The smallest absolute Gasteiger partial charge is 0.0220 e. The van der Waals surface area contributed by atoms with E-state index in [4.69, 9.17) is 0 Å². The van der Waals surface area contributed by atoms with Crippen LogP contribution in [-0.2, 0) is 0 Å². The van der Waals surface area contributed by atoms with Crippen LogP contribution in [0, 0.1) is 5.92 Å². The molecule has 2 unspecified atom stereocenters. The van der Waals surface area contributed by atoms with Crippen molar-refractivity contribution >= 4 is 0 Å². The number of hydrogen-bond acceptors (Lipinski definition) is 3. The molecule has 0 aliphatic carbocycles. The van der Waals surface area contributed by atoms with Crippen molar-refractivity contribution < 1.29 is 0 Å². The van der Waals surface area contributed by atoms with Gasteiger partial charge in [-0.15, -0.1) is 0 Å². The fourth-order valence-corrected chi connectivity index (χ4v) is 2.80. The second-order valence-electron chi connectivity index (χ2n) is 6.38. The third kappa shape index (κ3) is 5.80. The highest BCUT2D eigenvalue weighted by molar-refractivity contribution is 4.81. The van der Waals surface area contributed by atoms with Crippen molar-refractivity contribution in [3.8, 4) is 0 Å². The van der Waals surface area contributed by atoms with Crippen molar-refractivity contribution in [2.75, 3.05) is 39.3 Å². The summed E-state index contributed by atoms with van der Waals surface area (Å²) in [5, 5.41) is 3.75. The average Bonchev–Trinajstić information content (AvgIpc) is 2.43. The molecule has 3 nitrogen and oxygen atoms in total. The Hall–Kier alpha value is -0.120. The SMILES string of the molecule is CCCNC(CN1CCN(C(C)C)CC1)C(C)CC. The van der Waals surface area contributed by atoms with Gasteiger partial charge in [0.2, 0.25) is 0 Å². The first kappa shape index (κ1) is 16.9. The molecule has 2 atom stereocenters. The van der Waals surface area contributed by atoms with Crippen LogP contribution in [0.25, 0.3) is 0 Å². The van der Waals surface area contributed by atoms with E-state index in [0.29, 0.717) is 12.1 Å². The van der Waals surface area contributed by atoms with Gasteiger partial charge in [0.1, 0.15) is 0 Å². The van der Waals surface area contributed by atoms with Gasteiger partial charge in [-0.05, 0) is 32.7 Å². The zero-order valence-corrected chi connectivity index (χ0v) is 13.8. The molecule has 0 radical (unpaired) electrons. The molecule has 19 heavy (non-hydrogen) atoms. The highest BCUT2D eigenvalue weighted by Crippen LogP contribution is 2.12. The van der Waals surface area contributed by atoms with Crippen LogP contribution >= 0.6 is 0 Å². The molecular formula is C16H35N3. The Balaban J connectivity index is 2.38. The number of hydrogen-bond donors (Lipinski definition) is 1. The van der Waals surface area contributed by atoms with Crippen LogP contribution < -0.4 is 5.32 Å². The standard InChI is InChI=1S/C16H35N3/c1-6-8-17-16(15(5)7-2)13-18-9-11-19(12-10-18)14(3)4/h14-17H,6-13H2,1-5H3. The Bertz CT molecular complexity index is 222. The molecule has 1 heterocycles. The molecule has 1 N–H and O–H groups in total. The first-order valence-electron chi connectivity index (χ1n) is 8.28. The summed E-state index contributed by atoms with van der Waals surface area (Å²) in [5.41, 5.74) is 0.